The summed E-state index contributed by atoms with van der Waals surface area (Å²) in [5.41, 5.74) is 2.88. The molecule has 0 aliphatic carbocycles. The molecule has 0 unspecified atom stereocenters. The summed E-state index contributed by atoms with van der Waals surface area (Å²) in [6, 6.07) is 0. The van der Waals surface area contributed by atoms with E-state index in [1.165, 1.54) is 89.9 Å². The fourth-order valence-electron chi connectivity index (χ4n) is 2.51. The summed E-state index contributed by atoms with van der Waals surface area (Å²) in [5.74, 6) is 0. The van der Waals surface area contributed by atoms with Crippen molar-refractivity contribution < 1.29 is 4.84 Å². The van der Waals surface area contributed by atoms with Gasteiger partial charge in [0.25, 0.3) is 0 Å². The van der Waals surface area contributed by atoms with Crippen LogP contribution < -0.4 is 5.48 Å². The smallest absolute Gasteiger partial charge is 0.151 e. The minimum Gasteiger partial charge on any atom is -0.278 e. The van der Waals surface area contributed by atoms with E-state index in [4.69, 9.17) is 4.84 Å². The van der Waals surface area contributed by atoms with Gasteiger partial charge in [0.05, 0.1) is 0 Å². The van der Waals surface area contributed by atoms with Crippen molar-refractivity contribution in [2.45, 2.75) is 103 Å². The van der Waals surface area contributed by atoms with Crippen LogP contribution in [0.1, 0.15) is 96.8 Å². The molecular weight excluding hydrogens is 222 g/mol. The van der Waals surface area contributed by atoms with Gasteiger partial charge in [-0.25, -0.2) is 0 Å². The summed E-state index contributed by atoms with van der Waals surface area (Å²) in [5, 5.41) is 0. The zero-order valence-corrected chi connectivity index (χ0v) is 12.4. The highest BCUT2D eigenvalue weighted by molar-refractivity contribution is 4.58. The van der Waals surface area contributed by atoms with E-state index in [0.29, 0.717) is 6.23 Å². The molecule has 1 fully saturated rings. The average molecular weight is 255 g/mol. The minimum absolute atomic E-state index is 0.401. The van der Waals surface area contributed by atoms with Gasteiger partial charge >= 0.3 is 0 Å². The molecular formula is C16H33NO. The monoisotopic (exact) mass is 255 g/mol. The summed E-state index contributed by atoms with van der Waals surface area (Å²) in [7, 11) is 0. The van der Waals surface area contributed by atoms with Crippen molar-refractivity contribution in [1.29, 1.82) is 0 Å². The standard InChI is InChI=1S/C16H33NO/c1-2-3-4-5-6-7-8-9-10-11-12-13-14-15-16-17-18-16/h16-17H,2-15H2,1H3/t16-/m1/s1. The van der Waals surface area contributed by atoms with Gasteiger partial charge in [0.2, 0.25) is 0 Å². The van der Waals surface area contributed by atoms with Crippen LogP contribution in [-0.2, 0) is 4.84 Å². The van der Waals surface area contributed by atoms with Crippen LogP contribution in [-0.4, -0.2) is 6.23 Å². The van der Waals surface area contributed by atoms with Crippen LogP contribution in [0.4, 0.5) is 0 Å². The highest BCUT2D eigenvalue weighted by atomic mass is 16.8. The molecule has 0 aromatic rings. The molecule has 0 saturated carbocycles. The van der Waals surface area contributed by atoms with Crippen LogP contribution in [0.2, 0.25) is 0 Å². The molecule has 2 nitrogen and oxygen atoms in total. The lowest BCUT2D eigenvalue weighted by Crippen LogP contribution is -1.89. The number of unbranched alkanes of at least 4 members (excludes halogenated alkanes) is 12. The molecule has 1 rings (SSSR count). The summed E-state index contributed by atoms with van der Waals surface area (Å²) in [6.45, 7) is 2.29. The molecule has 0 aromatic carbocycles. The Morgan fingerprint density at radius 3 is 1.44 bits per heavy atom. The van der Waals surface area contributed by atoms with E-state index in [9.17, 15) is 0 Å². The molecule has 0 radical (unpaired) electrons. The Labute approximate surface area is 114 Å². The highest BCUT2D eigenvalue weighted by Gasteiger charge is 2.20. The van der Waals surface area contributed by atoms with E-state index in [-0.39, 0.29) is 0 Å². The van der Waals surface area contributed by atoms with E-state index >= 15 is 0 Å². The molecule has 0 amide bonds. The Hall–Kier alpha value is -0.0800. The van der Waals surface area contributed by atoms with Gasteiger partial charge in [-0.05, 0) is 12.8 Å². The maximum Gasteiger partial charge on any atom is 0.151 e. The number of hydroxylamine groups is 1. The van der Waals surface area contributed by atoms with Gasteiger partial charge in [0.1, 0.15) is 0 Å². The van der Waals surface area contributed by atoms with Crippen LogP contribution in [0.5, 0.6) is 0 Å². The van der Waals surface area contributed by atoms with Gasteiger partial charge in [-0.15, -0.1) is 0 Å². The second-order valence-corrected chi connectivity index (χ2v) is 5.76. The Morgan fingerprint density at radius 1 is 0.667 bits per heavy atom. The fourth-order valence-corrected chi connectivity index (χ4v) is 2.51. The average Bonchev–Trinajstić information content (AvgIpc) is 3.19. The molecule has 0 spiro atoms. The van der Waals surface area contributed by atoms with Gasteiger partial charge in [0, 0.05) is 0 Å². The van der Waals surface area contributed by atoms with Gasteiger partial charge in [-0.2, -0.15) is 5.48 Å². The summed E-state index contributed by atoms with van der Waals surface area (Å²) in [4.78, 5) is 4.97. The third kappa shape index (κ3) is 11.0. The largest absolute Gasteiger partial charge is 0.278 e. The SMILES string of the molecule is CCCCCCCCCCCCCCC[C@@H]1NO1. The zero-order valence-electron chi connectivity index (χ0n) is 12.4. The Bertz CT molecular complexity index is 168. The van der Waals surface area contributed by atoms with Crippen LogP contribution in [0.3, 0.4) is 0 Å². The lowest BCUT2D eigenvalue weighted by Gasteiger charge is -2.02. The topological polar surface area (TPSA) is 34.5 Å². The second kappa shape index (κ2) is 12.0. The first-order valence-electron chi connectivity index (χ1n) is 8.34. The molecule has 1 atom stereocenters. The predicted octanol–water partition coefficient (Wildman–Crippen LogP) is 5.33. The summed E-state index contributed by atoms with van der Waals surface area (Å²) < 4.78 is 0. The van der Waals surface area contributed by atoms with Crippen LogP contribution in [0.25, 0.3) is 0 Å². The van der Waals surface area contributed by atoms with Crippen molar-refractivity contribution in [3.8, 4) is 0 Å². The third-order valence-electron chi connectivity index (χ3n) is 3.85. The van der Waals surface area contributed by atoms with E-state index in [2.05, 4.69) is 12.4 Å². The third-order valence-corrected chi connectivity index (χ3v) is 3.85. The first-order valence-corrected chi connectivity index (χ1v) is 8.34. The van der Waals surface area contributed by atoms with E-state index < -0.39 is 0 Å². The second-order valence-electron chi connectivity index (χ2n) is 5.76. The van der Waals surface area contributed by atoms with Crippen molar-refractivity contribution >= 4 is 0 Å². The molecule has 1 saturated heterocycles. The lowest BCUT2D eigenvalue weighted by molar-refractivity contribution is 0.357. The summed E-state index contributed by atoms with van der Waals surface area (Å²) >= 11 is 0. The Morgan fingerprint density at radius 2 is 1.06 bits per heavy atom. The number of rotatable bonds is 14. The quantitative estimate of drug-likeness (QED) is 0.336. The number of hydrogen-bond acceptors (Lipinski definition) is 2. The van der Waals surface area contributed by atoms with E-state index in [1.807, 2.05) is 0 Å². The Balaban J connectivity index is 1.60. The van der Waals surface area contributed by atoms with E-state index in [1.54, 1.807) is 0 Å². The van der Waals surface area contributed by atoms with Crippen LogP contribution >= 0.6 is 0 Å². The molecule has 1 aliphatic rings. The van der Waals surface area contributed by atoms with Crippen LogP contribution in [0, 0.1) is 0 Å². The Kier molecular flexibility index (Phi) is 10.6. The van der Waals surface area contributed by atoms with Crippen molar-refractivity contribution in [2.24, 2.45) is 0 Å². The normalized spacial score (nSPS) is 18.2. The predicted molar refractivity (Wildman–Crippen MR) is 78.3 cm³/mol. The number of nitrogens with one attached hydrogen (secondary N) is 1. The maximum absolute atomic E-state index is 4.97. The minimum atomic E-state index is 0.401. The van der Waals surface area contributed by atoms with Crippen molar-refractivity contribution in [3.63, 3.8) is 0 Å². The molecule has 2 heteroatoms. The van der Waals surface area contributed by atoms with Gasteiger partial charge in [-0.3, -0.25) is 4.84 Å². The lowest BCUT2D eigenvalue weighted by atomic mass is 10.0. The zero-order chi connectivity index (χ0) is 12.9. The summed E-state index contributed by atoms with van der Waals surface area (Å²) in [6.07, 6.45) is 20.2. The van der Waals surface area contributed by atoms with Crippen molar-refractivity contribution in [2.75, 3.05) is 0 Å². The molecule has 108 valence electrons. The van der Waals surface area contributed by atoms with Gasteiger partial charge < -0.3 is 0 Å². The molecule has 0 bridgehead atoms. The van der Waals surface area contributed by atoms with Crippen molar-refractivity contribution in [3.05, 3.63) is 0 Å². The first kappa shape index (κ1) is 16.0. The highest BCUT2D eigenvalue weighted by Crippen LogP contribution is 2.15. The maximum atomic E-state index is 4.97. The molecule has 18 heavy (non-hydrogen) atoms. The molecule has 1 heterocycles. The van der Waals surface area contributed by atoms with E-state index in [0.717, 1.165) is 0 Å². The molecule has 1 N–H and O–H groups in total. The molecule has 1 aliphatic heterocycles. The van der Waals surface area contributed by atoms with Gasteiger partial charge in [0.15, 0.2) is 6.23 Å². The van der Waals surface area contributed by atoms with Gasteiger partial charge in [-0.1, -0.05) is 84.0 Å². The van der Waals surface area contributed by atoms with Crippen LogP contribution in [0.15, 0.2) is 0 Å². The molecule has 0 aromatic heterocycles. The fraction of sp³-hybridized carbons (Fsp3) is 1.00. The first-order chi connectivity index (χ1) is 8.93. The number of hydrogen-bond donors (Lipinski definition) is 1. The van der Waals surface area contributed by atoms with Crippen molar-refractivity contribution in [1.82, 2.24) is 5.48 Å².